The molecular formula is C11H10CaO2Zr. The van der Waals surface area contributed by atoms with Gasteiger partial charge in [-0.2, -0.15) is 0 Å². The number of rotatable bonds is 1. The fraction of sp³-hybridized carbons (Fsp3) is 0. The molecule has 0 atom stereocenters. The molecule has 2 aromatic rings. The zero-order chi connectivity index (χ0) is 9.26. The number of carbonyl (C=O) groups is 1. The molecule has 4 heteroatoms. The van der Waals surface area contributed by atoms with Gasteiger partial charge in [-0.25, -0.2) is 4.79 Å². The Bertz CT molecular complexity index is 466. The van der Waals surface area contributed by atoms with Gasteiger partial charge in [0.1, 0.15) is 0 Å². The van der Waals surface area contributed by atoms with Crippen LogP contribution in [0.1, 0.15) is 10.4 Å². The van der Waals surface area contributed by atoms with Gasteiger partial charge < -0.3 is 5.11 Å². The van der Waals surface area contributed by atoms with Crippen LogP contribution in [0.15, 0.2) is 42.5 Å². The van der Waals surface area contributed by atoms with Crippen LogP contribution < -0.4 is 0 Å². The number of benzene rings is 2. The molecule has 2 nitrogen and oxygen atoms in total. The number of hydrogen-bond acceptors (Lipinski definition) is 1. The van der Waals surface area contributed by atoms with Crippen molar-refractivity contribution < 1.29 is 36.1 Å². The van der Waals surface area contributed by atoms with E-state index in [9.17, 15) is 4.79 Å². The monoisotopic (exact) mass is 304 g/mol. The van der Waals surface area contributed by atoms with E-state index in [-0.39, 0.29) is 63.9 Å². The van der Waals surface area contributed by atoms with Crippen LogP contribution in [-0.2, 0) is 26.2 Å². The van der Waals surface area contributed by atoms with Gasteiger partial charge in [0.2, 0.25) is 0 Å². The Balaban J connectivity index is 0.000000980. The Morgan fingerprint density at radius 2 is 1.60 bits per heavy atom. The van der Waals surface area contributed by atoms with E-state index in [1.165, 1.54) is 0 Å². The van der Waals surface area contributed by atoms with E-state index in [1.807, 2.05) is 30.3 Å². The Labute approximate surface area is 137 Å². The summed E-state index contributed by atoms with van der Waals surface area (Å²) < 4.78 is 0. The van der Waals surface area contributed by atoms with Crippen LogP contribution in [0.5, 0.6) is 0 Å². The van der Waals surface area contributed by atoms with Gasteiger partial charge in [-0.3, -0.25) is 0 Å². The first-order valence-corrected chi connectivity index (χ1v) is 4.00. The molecule has 0 amide bonds. The predicted octanol–water partition coefficient (Wildman–Crippen LogP) is 1.62. The normalized spacial score (nSPS) is 8.80. The minimum atomic E-state index is -0.878. The Morgan fingerprint density at radius 3 is 2.27 bits per heavy atom. The predicted molar refractivity (Wildman–Crippen MR) is 59.5 cm³/mol. The molecule has 0 bridgehead atoms. The van der Waals surface area contributed by atoms with Crippen molar-refractivity contribution in [3.05, 3.63) is 48.0 Å². The molecule has 0 radical (unpaired) electrons. The van der Waals surface area contributed by atoms with E-state index in [0.717, 1.165) is 10.8 Å². The van der Waals surface area contributed by atoms with Crippen molar-refractivity contribution in [1.82, 2.24) is 0 Å². The molecule has 0 heterocycles. The summed E-state index contributed by atoms with van der Waals surface area (Å²) in [6, 6.07) is 12.7. The fourth-order valence-electron chi connectivity index (χ4n) is 1.41. The summed E-state index contributed by atoms with van der Waals surface area (Å²) in [4.78, 5) is 10.8. The third-order valence-electron chi connectivity index (χ3n) is 2.02. The third-order valence-corrected chi connectivity index (χ3v) is 2.02. The quantitative estimate of drug-likeness (QED) is 0.813. The van der Waals surface area contributed by atoms with E-state index in [4.69, 9.17) is 5.11 Å². The van der Waals surface area contributed by atoms with Gasteiger partial charge in [0.15, 0.2) is 0 Å². The molecule has 1 N–H and O–H groups in total. The Morgan fingerprint density at radius 1 is 1.00 bits per heavy atom. The van der Waals surface area contributed by atoms with Crippen molar-refractivity contribution in [3.63, 3.8) is 0 Å². The molecule has 72 valence electrons. The number of aromatic carboxylic acids is 1. The SMILES string of the molecule is O=C(O)c1cccc2ccccc12.[CaH2].[Zr]. The Kier molecular flexibility index (Phi) is 6.94. The zero-order valence-corrected chi connectivity index (χ0v) is 9.85. The van der Waals surface area contributed by atoms with Crippen molar-refractivity contribution in [3.8, 4) is 0 Å². The molecule has 0 aliphatic heterocycles. The van der Waals surface area contributed by atoms with Crippen molar-refractivity contribution >= 4 is 54.5 Å². The van der Waals surface area contributed by atoms with Gasteiger partial charge in [-0.05, 0) is 16.8 Å². The summed E-state index contributed by atoms with van der Waals surface area (Å²) in [6.07, 6.45) is 0. The van der Waals surface area contributed by atoms with Gasteiger partial charge in [0.25, 0.3) is 0 Å². The molecule has 0 saturated heterocycles. The first kappa shape index (κ1) is 15.3. The maximum Gasteiger partial charge on any atom is 0 e. The average molecular weight is 306 g/mol. The second kappa shape index (κ2) is 6.80. The summed E-state index contributed by atoms with van der Waals surface area (Å²) >= 11 is 0. The number of carboxylic acid groups (broad SMARTS) is 1. The molecule has 0 aliphatic carbocycles. The van der Waals surface area contributed by atoms with E-state index in [1.54, 1.807) is 12.1 Å². The number of fused-ring (bicyclic) bond motifs is 1. The van der Waals surface area contributed by atoms with Gasteiger partial charge in [-0.1, -0.05) is 36.4 Å². The van der Waals surface area contributed by atoms with E-state index in [2.05, 4.69) is 0 Å². The third kappa shape index (κ3) is 3.39. The molecule has 0 spiro atoms. The van der Waals surface area contributed by atoms with Crippen LogP contribution in [0.25, 0.3) is 10.8 Å². The molecule has 0 aromatic heterocycles. The molecule has 0 aliphatic rings. The van der Waals surface area contributed by atoms with E-state index < -0.39 is 5.97 Å². The Hall–Kier alpha value is 0.313. The van der Waals surface area contributed by atoms with Crippen LogP contribution in [-0.4, -0.2) is 48.8 Å². The molecule has 2 aromatic carbocycles. The van der Waals surface area contributed by atoms with Crippen LogP contribution in [0.2, 0.25) is 0 Å². The minimum absolute atomic E-state index is 0. The molecular weight excluding hydrogens is 295 g/mol. The summed E-state index contributed by atoms with van der Waals surface area (Å²) in [5.41, 5.74) is 0.359. The summed E-state index contributed by atoms with van der Waals surface area (Å²) in [5, 5.41) is 10.6. The molecule has 0 unspecified atom stereocenters. The molecule has 0 saturated carbocycles. The number of carboxylic acids is 1. The van der Waals surface area contributed by atoms with Gasteiger partial charge in [0, 0.05) is 26.2 Å². The largest absolute Gasteiger partial charge is 0 e. The van der Waals surface area contributed by atoms with Crippen molar-refractivity contribution in [2.75, 3.05) is 0 Å². The summed E-state index contributed by atoms with van der Waals surface area (Å²) in [6.45, 7) is 0. The van der Waals surface area contributed by atoms with Crippen molar-refractivity contribution in [1.29, 1.82) is 0 Å². The first-order valence-electron chi connectivity index (χ1n) is 4.00. The van der Waals surface area contributed by atoms with Crippen molar-refractivity contribution in [2.45, 2.75) is 0 Å². The molecule has 15 heavy (non-hydrogen) atoms. The molecule has 2 rings (SSSR count). The topological polar surface area (TPSA) is 37.3 Å². The second-order valence-corrected chi connectivity index (χ2v) is 2.83. The fourth-order valence-corrected chi connectivity index (χ4v) is 1.41. The van der Waals surface area contributed by atoms with Gasteiger partial charge in [-0.15, -0.1) is 0 Å². The summed E-state index contributed by atoms with van der Waals surface area (Å²) in [7, 11) is 0. The van der Waals surface area contributed by atoms with Crippen LogP contribution in [0.3, 0.4) is 0 Å². The van der Waals surface area contributed by atoms with Gasteiger partial charge in [0.05, 0.1) is 5.56 Å². The maximum atomic E-state index is 10.8. The van der Waals surface area contributed by atoms with Gasteiger partial charge >= 0.3 is 43.7 Å². The maximum absolute atomic E-state index is 10.8. The van der Waals surface area contributed by atoms with E-state index >= 15 is 0 Å². The van der Waals surface area contributed by atoms with E-state index in [0.29, 0.717) is 5.56 Å². The van der Waals surface area contributed by atoms with Crippen LogP contribution in [0.4, 0.5) is 0 Å². The zero-order valence-electron chi connectivity index (χ0n) is 7.40. The second-order valence-electron chi connectivity index (χ2n) is 2.83. The first-order chi connectivity index (χ1) is 6.29. The molecule has 0 fully saturated rings. The summed E-state index contributed by atoms with van der Waals surface area (Å²) in [5.74, 6) is -0.878. The average Bonchev–Trinajstić information content (AvgIpc) is 2.17. The number of hydrogen-bond donors (Lipinski definition) is 1. The smallest absolute Gasteiger partial charge is 0 e. The van der Waals surface area contributed by atoms with Crippen molar-refractivity contribution in [2.24, 2.45) is 0 Å². The van der Waals surface area contributed by atoms with Crippen LogP contribution >= 0.6 is 0 Å². The van der Waals surface area contributed by atoms with Crippen LogP contribution in [0, 0.1) is 0 Å². The standard InChI is InChI=1S/C11H8O2.Ca.Zr.2H/c12-11(13)10-7-3-5-8-4-1-2-6-9(8)10;;;;/h1-7H,(H,12,13);;;;. The minimum Gasteiger partial charge on any atom is 0 e.